The molecule has 21 heavy (non-hydrogen) atoms. The maximum atomic E-state index is 12.5. The highest BCUT2D eigenvalue weighted by molar-refractivity contribution is 9.09. The maximum Gasteiger partial charge on any atom is 0.251 e. The zero-order valence-corrected chi connectivity index (χ0v) is 14.9. The van der Waals surface area contributed by atoms with Crippen molar-refractivity contribution >= 4 is 21.8 Å². The molecule has 1 N–H and O–H groups in total. The number of amides is 1. The second kappa shape index (κ2) is 6.95. The third kappa shape index (κ3) is 4.32. The quantitative estimate of drug-likeness (QED) is 0.787. The summed E-state index contributed by atoms with van der Waals surface area (Å²) in [5.74, 6) is 0.621. The predicted molar refractivity (Wildman–Crippen MR) is 92.1 cm³/mol. The van der Waals surface area contributed by atoms with Crippen LogP contribution in [0, 0.1) is 5.92 Å². The highest BCUT2D eigenvalue weighted by Crippen LogP contribution is 2.30. The Balaban J connectivity index is 2.04. The lowest BCUT2D eigenvalue weighted by Crippen LogP contribution is -2.35. The highest BCUT2D eigenvalue weighted by atomic mass is 79.9. The van der Waals surface area contributed by atoms with Gasteiger partial charge in [-0.25, -0.2) is 0 Å². The molecular weight excluding hydrogens is 326 g/mol. The second-order valence-corrected chi connectivity index (χ2v) is 8.24. The largest absolute Gasteiger partial charge is 0.352 e. The number of halogens is 1. The standard InChI is InChI=1S/C18H26BrNO/c1-18(2,3)15-10-6-5-9-14(15)17(21)20-12-13-8-4-7-11-16(13)19/h5-6,9-10,13,16H,4,7-8,11-12H2,1-3H3,(H,20,21). The summed E-state index contributed by atoms with van der Waals surface area (Å²) < 4.78 is 0. The molecule has 0 spiro atoms. The fraction of sp³-hybridized carbons (Fsp3) is 0.611. The fourth-order valence-electron chi connectivity index (χ4n) is 3.05. The smallest absolute Gasteiger partial charge is 0.251 e. The molecule has 2 atom stereocenters. The number of benzene rings is 1. The lowest BCUT2D eigenvalue weighted by molar-refractivity contribution is 0.0942. The molecule has 1 amide bonds. The maximum absolute atomic E-state index is 12.5. The van der Waals surface area contributed by atoms with Gasteiger partial charge in [0.15, 0.2) is 0 Å². The minimum atomic E-state index is -0.0171. The summed E-state index contributed by atoms with van der Waals surface area (Å²) in [4.78, 5) is 13.1. The Bertz CT molecular complexity index is 492. The predicted octanol–water partition coefficient (Wildman–Crippen LogP) is 4.67. The van der Waals surface area contributed by atoms with Gasteiger partial charge in [0.1, 0.15) is 0 Å². The zero-order chi connectivity index (χ0) is 15.5. The monoisotopic (exact) mass is 351 g/mol. The van der Waals surface area contributed by atoms with Gasteiger partial charge in [-0.05, 0) is 35.8 Å². The first-order chi connectivity index (χ1) is 9.89. The third-order valence-electron chi connectivity index (χ3n) is 4.32. The lowest BCUT2D eigenvalue weighted by atomic mass is 9.83. The molecule has 2 rings (SSSR count). The lowest BCUT2D eigenvalue weighted by Gasteiger charge is -2.28. The van der Waals surface area contributed by atoms with Crippen molar-refractivity contribution in [2.45, 2.75) is 56.7 Å². The van der Waals surface area contributed by atoms with E-state index in [1.165, 1.54) is 25.7 Å². The van der Waals surface area contributed by atoms with Crippen LogP contribution in [0.15, 0.2) is 24.3 Å². The van der Waals surface area contributed by atoms with Crippen molar-refractivity contribution in [3.63, 3.8) is 0 Å². The molecule has 0 heterocycles. The molecule has 0 aromatic heterocycles. The SMILES string of the molecule is CC(C)(C)c1ccccc1C(=O)NCC1CCCCC1Br. The van der Waals surface area contributed by atoms with Crippen molar-refractivity contribution in [2.24, 2.45) is 5.92 Å². The van der Waals surface area contributed by atoms with Crippen LogP contribution in [0.3, 0.4) is 0 Å². The second-order valence-electron chi connectivity index (χ2n) is 7.07. The Morgan fingerprint density at radius 2 is 1.90 bits per heavy atom. The van der Waals surface area contributed by atoms with Gasteiger partial charge in [-0.1, -0.05) is 67.7 Å². The van der Waals surface area contributed by atoms with Gasteiger partial charge in [-0.3, -0.25) is 4.79 Å². The van der Waals surface area contributed by atoms with E-state index >= 15 is 0 Å². The Kier molecular flexibility index (Phi) is 5.48. The van der Waals surface area contributed by atoms with Gasteiger partial charge in [0.05, 0.1) is 0 Å². The number of carbonyl (C=O) groups is 1. The van der Waals surface area contributed by atoms with E-state index in [1.54, 1.807) is 0 Å². The fourth-order valence-corrected chi connectivity index (χ4v) is 3.82. The molecule has 1 aliphatic carbocycles. The van der Waals surface area contributed by atoms with Crippen molar-refractivity contribution < 1.29 is 4.79 Å². The first kappa shape index (κ1) is 16.5. The first-order valence-electron chi connectivity index (χ1n) is 7.91. The van der Waals surface area contributed by atoms with Crippen LogP contribution >= 0.6 is 15.9 Å². The molecule has 1 aromatic rings. The molecule has 1 aliphatic rings. The van der Waals surface area contributed by atoms with E-state index in [4.69, 9.17) is 0 Å². The third-order valence-corrected chi connectivity index (χ3v) is 5.53. The van der Waals surface area contributed by atoms with E-state index < -0.39 is 0 Å². The number of alkyl halides is 1. The molecule has 1 fully saturated rings. The molecule has 1 saturated carbocycles. The topological polar surface area (TPSA) is 29.1 Å². The van der Waals surface area contributed by atoms with Crippen molar-refractivity contribution in [2.75, 3.05) is 6.54 Å². The normalized spacial score (nSPS) is 22.9. The average Bonchev–Trinajstić information content (AvgIpc) is 2.45. The summed E-state index contributed by atoms with van der Waals surface area (Å²) in [6.07, 6.45) is 5.00. The molecule has 0 bridgehead atoms. The minimum Gasteiger partial charge on any atom is -0.352 e. The van der Waals surface area contributed by atoms with Crippen molar-refractivity contribution in [1.82, 2.24) is 5.32 Å². The molecule has 2 nitrogen and oxygen atoms in total. The Hall–Kier alpha value is -0.830. The molecule has 1 aromatic carbocycles. The highest BCUT2D eigenvalue weighted by Gasteiger charge is 2.25. The summed E-state index contributed by atoms with van der Waals surface area (Å²) in [6.45, 7) is 7.21. The van der Waals surface area contributed by atoms with Crippen LogP contribution in [0.25, 0.3) is 0 Å². The van der Waals surface area contributed by atoms with Gasteiger partial charge < -0.3 is 5.32 Å². The number of nitrogens with one attached hydrogen (secondary N) is 1. The summed E-state index contributed by atoms with van der Waals surface area (Å²) in [5.41, 5.74) is 1.91. The number of carbonyl (C=O) groups excluding carboxylic acids is 1. The summed E-state index contributed by atoms with van der Waals surface area (Å²) >= 11 is 3.76. The van der Waals surface area contributed by atoms with Gasteiger partial charge in [0, 0.05) is 16.9 Å². The van der Waals surface area contributed by atoms with Crippen LogP contribution in [0.4, 0.5) is 0 Å². The number of hydrogen-bond donors (Lipinski definition) is 1. The Morgan fingerprint density at radius 3 is 2.57 bits per heavy atom. The van der Waals surface area contributed by atoms with Crippen LogP contribution < -0.4 is 5.32 Å². The minimum absolute atomic E-state index is 0.0171. The van der Waals surface area contributed by atoms with Gasteiger partial charge in [-0.15, -0.1) is 0 Å². The molecule has 116 valence electrons. The van der Waals surface area contributed by atoms with Crippen molar-refractivity contribution in [3.05, 3.63) is 35.4 Å². The molecular formula is C18H26BrNO. The van der Waals surface area contributed by atoms with Gasteiger partial charge in [0.25, 0.3) is 5.91 Å². The van der Waals surface area contributed by atoms with Crippen LogP contribution in [-0.2, 0) is 5.41 Å². The number of rotatable bonds is 3. The van der Waals surface area contributed by atoms with Crippen molar-refractivity contribution in [3.8, 4) is 0 Å². The Morgan fingerprint density at radius 1 is 1.24 bits per heavy atom. The summed E-state index contributed by atoms with van der Waals surface area (Å²) in [5, 5.41) is 3.14. The van der Waals surface area contributed by atoms with Crippen LogP contribution in [0.5, 0.6) is 0 Å². The van der Waals surface area contributed by atoms with Crippen LogP contribution in [0.1, 0.15) is 62.4 Å². The van der Waals surface area contributed by atoms with E-state index in [0.717, 1.165) is 17.7 Å². The Labute approximate surface area is 136 Å². The number of hydrogen-bond acceptors (Lipinski definition) is 1. The first-order valence-corrected chi connectivity index (χ1v) is 8.83. The van der Waals surface area contributed by atoms with E-state index in [9.17, 15) is 4.79 Å². The van der Waals surface area contributed by atoms with Crippen LogP contribution in [0.2, 0.25) is 0 Å². The van der Waals surface area contributed by atoms with Crippen molar-refractivity contribution in [1.29, 1.82) is 0 Å². The van der Waals surface area contributed by atoms with Crippen LogP contribution in [-0.4, -0.2) is 17.3 Å². The van der Waals surface area contributed by atoms with Gasteiger partial charge in [-0.2, -0.15) is 0 Å². The molecule has 2 unspecified atom stereocenters. The van der Waals surface area contributed by atoms with E-state index in [2.05, 4.69) is 48.1 Å². The average molecular weight is 352 g/mol. The molecule has 0 saturated heterocycles. The van der Waals surface area contributed by atoms with E-state index in [1.807, 2.05) is 18.2 Å². The van der Waals surface area contributed by atoms with Gasteiger partial charge in [0.2, 0.25) is 0 Å². The van der Waals surface area contributed by atoms with E-state index in [0.29, 0.717) is 10.7 Å². The van der Waals surface area contributed by atoms with Gasteiger partial charge >= 0.3 is 0 Å². The zero-order valence-electron chi connectivity index (χ0n) is 13.3. The molecule has 0 aliphatic heterocycles. The van der Waals surface area contributed by atoms with E-state index in [-0.39, 0.29) is 11.3 Å². The summed E-state index contributed by atoms with van der Waals surface area (Å²) in [7, 11) is 0. The molecule has 3 heteroatoms. The summed E-state index contributed by atoms with van der Waals surface area (Å²) in [6, 6.07) is 7.94. The molecule has 0 radical (unpaired) electrons.